The zero-order valence-electron chi connectivity index (χ0n) is 15.6. The lowest BCUT2D eigenvalue weighted by Crippen LogP contribution is -2.38. The summed E-state index contributed by atoms with van der Waals surface area (Å²) < 4.78 is 27.6. The normalized spacial score (nSPS) is 11.0. The number of hydrogen-bond donors (Lipinski definition) is 1. The van der Waals surface area contributed by atoms with Crippen molar-refractivity contribution >= 4 is 27.3 Å². The second kappa shape index (κ2) is 8.71. The van der Waals surface area contributed by atoms with Crippen molar-refractivity contribution in [3.63, 3.8) is 0 Å². The summed E-state index contributed by atoms with van der Waals surface area (Å²) in [6.07, 6.45) is 0.847. The van der Waals surface area contributed by atoms with Gasteiger partial charge in [0.15, 0.2) is 0 Å². The van der Waals surface area contributed by atoms with Crippen LogP contribution in [0.25, 0.3) is 0 Å². The summed E-state index contributed by atoms with van der Waals surface area (Å²) in [5.74, 6) is -0.412. The average Bonchev–Trinajstić information content (AvgIpc) is 2.73. The number of anilines is 2. The van der Waals surface area contributed by atoms with Gasteiger partial charge in [0.2, 0.25) is 5.91 Å². The van der Waals surface area contributed by atoms with Crippen molar-refractivity contribution in [1.29, 1.82) is 0 Å². The Balaban J connectivity index is 1.93. The van der Waals surface area contributed by atoms with Crippen molar-refractivity contribution < 1.29 is 13.2 Å². The summed E-state index contributed by atoms with van der Waals surface area (Å²) >= 11 is 0. The molecule has 0 saturated carbocycles. The molecule has 28 heavy (non-hydrogen) atoms. The number of amides is 1. The molecule has 0 bridgehead atoms. The average molecular weight is 394 g/mol. The minimum Gasteiger partial charge on any atom is -0.325 e. The van der Waals surface area contributed by atoms with E-state index in [1.807, 2.05) is 25.1 Å². The van der Waals surface area contributed by atoms with Gasteiger partial charge in [0.1, 0.15) is 6.54 Å². The third-order valence-electron chi connectivity index (χ3n) is 4.31. The van der Waals surface area contributed by atoms with Crippen LogP contribution in [0, 0.1) is 0 Å². The Morgan fingerprint density at radius 2 is 1.43 bits per heavy atom. The number of aryl methyl sites for hydroxylation is 1. The van der Waals surface area contributed by atoms with Gasteiger partial charge in [-0.3, -0.25) is 9.10 Å². The summed E-state index contributed by atoms with van der Waals surface area (Å²) in [4.78, 5) is 12.7. The summed E-state index contributed by atoms with van der Waals surface area (Å²) in [5, 5.41) is 2.74. The van der Waals surface area contributed by atoms with Crippen LogP contribution in [0.15, 0.2) is 89.8 Å². The summed E-state index contributed by atoms with van der Waals surface area (Å²) in [5.41, 5.74) is 2.16. The van der Waals surface area contributed by atoms with Gasteiger partial charge in [0.25, 0.3) is 10.0 Å². The first kappa shape index (κ1) is 19.6. The summed E-state index contributed by atoms with van der Waals surface area (Å²) in [6, 6.07) is 24.3. The molecule has 0 aliphatic rings. The highest BCUT2D eigenvalue weighted by Crippen LogP contribution is 2.24. The van der Waals surface area contributed by atoms with Crippen LogP contribution in [0.2, 0.25) is 0 Å². The van der Waals surface area contributed by atoms with Gasteiger partial charge in [-0.1, -0.05) is 55.5 Å². The molecule has 6 heteroatoms. The number of benzene rings is 3. The highest BCUT2D eigenvalue weighted by molar-refractivity contribution is 7.92. The van der Waals surface area contributed by atoms with Gasteiger partial charge in [-0.25, -0.2) is 8.42 Å². The molecule has 144 valence electrons. The molecule has 0 aliphatic carbocycles. The molecular weight excluding hydrogens is 372 g/mol. The van der Waals surface area contributed by atoms with Crippen molar-refractivity contribution in [2.24, 2.45) is 0 Å². The molecule has 0 atom stereocenters. The van der Waals surface area contributed by atoms with Crippen molar-refractivity contribution in [2.75, 3.05) is 16.2 Å². The van der Waals surface area contributed by atoms with E-state index in [9.17, 15) is 13.2 Å². The van der Waals surface area contributed by atoms with Crippen LogP contribution in [0.3, 0.4) is 0 Å². The number of sulfonamides is 1. The molecule has 0 spiro atoms. The van der Waals surface area contributed by atoms with Crippen molar-refractivity contribution in [3.8, 4) is 0 Å². The number of carbonyl (C=O) groups excluding carboxylic acids is 1. The number of para-hydroxylation sites is 1. The van der Waals surface area contributed by atoms with Crippen LogP contribution in [-0.4, -0.2) is 20.9 Å². The first-order valence-corrected chi connectivity index (χ1v) is 10.5. The van der Waals surface area contributed by atoms with Gasteiger partial charge >= 0.3 is 0 Å². The Labute approximate surface area is 165 Å². The van der Waals surface area contributed by atoms with Crippen LogP contribution < -0.4 is 9.62 Å². The molecule has 1 amide bonds. The van der Waals surface area contributed by atoms with Gasteiger partial charge in [-0.05, 0) is 48.4 Å². The molecule has 0 fully saturated rings. The standard InChI is InChI=1S/C22H22N2O3S/c1-2-18-13-15-20(16-14-18)24(28(26,27)21-11-7-4-8-12-21)17-22(25)23-19-9-5-3-6-10-19/h3-16H,2,17H2,1H3,(H,23,25). The highest BCUT2D eigenvalue weighted by atomic mass is 32.2. The Morgan fingerprint density at radius 3 is 2.00 bits per heavy atom. The molecule has 0 aliphatic heterocycles. The van der Waals surface area contributed by atoms with Crippen LogP contribution in [-0.2, 0) is 21.2 Å². The lowest BCUT2D eigenvalue weighted by molar-refractivity contribution is -0.114. The third kappa shape index (κ3) is 4.58. The number of hydrogen-bond acceptors (Lipinski definition) is 3. The first-order chi connectivity index (χ1) is 13.5. The SMILES string of the molecule is CCc1ccc(N(CC(=O)Nc2ccccc2)S(=O)(=O)c2ccccc2)cc1. The quantitative estimate of drug-likeness (QED) is 0.657. The third-order valence-corrected chi connectivity index (χ3v) is 6.10. The van der Waals surface area contributed by atoms with Crippen LogP contribution in [0.1, 0.15) is 12.5 Å². The van der Waals surface area contributed by atoms with E-state index in [-0.39, 0.29) is 11.4 Å². The molecule has 0 aromatic heterocycles. The summed E-state index contributed by atoms with van der Waals surface area (Å²) in [7, 11) is -3.89. The lowest BCUT2D eigenvalue weighted by Gasteiger charge is -2.24. The fraction of sp³-hybridized carbons (Fsp3) is 0.136. The number of nitrogens with one attached hydrogen (secondary N) is 1. The molecule has 3 rings (SSSR count). The Kier molecular flexibility index (Phi) is 6.11. The maximum Gasteiger partial charge on any atom is 0.264 e. The number of nitrogens with zero attached hydrogens (tertiary/aromatic N) is 1. The van der Waals surface area contributed by atoms with E-state index in [1.165, 1.54) is 12.1 Å². The second-order valence-electron chi connectivity index (χ2n) is 6.26. The predicted molar refractivity (Wildman–Crippen MR) is 112 cm³/mol. The molecule has 5 nitrogen and oxygen atoms in total. The Hall–Kier alpha value is -3.12. The molecular formula is C22H22N2O3S. The maximum absolute atomic E-state index is 13.2. The topological polar surface area (TPSA) is 66.5 Å². The van der Waals surface area contributed by atoms with E-state index in [2.05, 4.69) is 5.32 Å². The van der Waals surface area contributed by atoms with E-state index in [0.29, 0.717) is 11.4 Å². The molecule has 0 unspecified atom stereocenters. The molecule has 3 aromatic carbocycles. The fourth-order valence-electron chi connectivity index (χ4n) is 2.79. The summed E-state index contributed by atoms with van der Waals surface area (Å²) in [6.45, 7) is 1.71. The fourth-order valence-corrected chi connectivity index (χ4v) is 4.23. The van der Waals surface area contributed by atoms with Gasteiger partial charge in [0, 0.05) is 5.69 Å². The zero-order chi connectivity index (χ0) is 20.0. The van der Waals surface area contributed by atoms with Crippen LogP contribution in [0.4, 0.5) is 11.4 Å². The van der Waals surface area contributed by atoms with E-state index in [0.717, 1.165) is 16.3 Å². The lowest BCUT2D eigenvalue weighted by atomic mass is 10.1. The molecule has 0 heterocycles. The van der Waals surface area contributed by atoms with E-state index < -0.39 is 15.9 Å². The monoisotopic (exact) mass is 394 g/mol. The van der Waals surface area contributed by atoms with Gasteiger partial charge in [-0.15, -0.1) is 0 Å². The second-order valence-corrected chi connectivity index (χ2v) is 8.12. The molecule has 0 saturated heterocycles. The Morgan fingerprint density at radius 1 is 0.857 bits per heavy atom. The van der Waals surface area contributed by atoms with E-state index in [4.69, 9.17) is 0 Å². The number of rotatable bonds is 7. The molecule has 1 N–H and O–H groups in total. The zero-order valence-corrected chi connectivity index (χ0v) is 16.4. The minimum atomic E-state index is -3.89. The number of carbonyl (C=O) groups is 1. The van der Waals surface area contributed by atoms with Crippen molar-refractivity contribution in [2.45, 2.75) is 18.2 Å². The largest absolute Gasteiger partial charge is 0.325 e. The van der Waals surface area contributed by atoms with Crippen molar-refractivity contribution in [3.05, 3.63) is 90.5 Å². The smallest absolute Gasteiger partial charge is 0.264 e. The van der Waals surface area contributed by atoms with Gasteiger partial charge in [0.05, 0.1) is 10.6 Å². The van der Waals surface area contributed by atoms with Crippen molar-refractivity contribution in [1.82, 2.24) is 0 Å². The minimum absolute atomic E-state index is 0.141. The maximum atomic E-state index is 13.2. The van der Waals surface area contributed by atoms with E-state index >= 15 is 0 Å². The van der Waals surface area contributed by atoms with Crippen LogP contribution in [0.5, 0.6) is 0 Å². The van der Waals surface area contributed by atoms with E-state index in [1.54, 1.807) is 54.6 Å². The van der Waals surface area contributed by atoms with Gasteiger partial charge in [-0.2, -0.15) is 0 Å². The first-order valence-electron chi connectivity index (χ1n) is 9.02. The van der Waals surface area contributed by atoms with Gasteiger partial charge < -0.3 is 5.32 Å². The predicted octanol–water partition coefficient (Wildman–Crippen LogP) is 4.08. The molecule has 0 radical (unpaired) electrons. The Bertz CT molecular complexity index is 1020. The molecule has 3 aromatic rings. The van der Waals surface area contributed by atoms with Crippen LogP contribution >= 0.6 is 0 Å². The highest BCUT2D eigenvalue weighted by Gasteiger charge is 2.27.